The third-order valence-corrected chi connectivity index (χ3v) is 3.82. The molecule has 4 nitrogen and oxygen atoms in total. The molecule has 0 bridgehead atoms. The molecule has 0 saturated heterocycles. The van der Waals surface area contributed by atoms with Gasteiger partial charge < -0.3 is 10.3 Å². The Balaban J connectivity index is 1.96. The molecule has 0 saturated carbocycles. The van der Waals surface area contributed by atoms with Gasteiger partial charge in [-0.2, -0.15) is 4.98 Å². The number of rotatable bonds is 5. The largest absolute Gasteiger partial charge is 0.339 e. The van der Waals surface area contributed by atoms with Gasteiger partial charge in [0.05, 0.1) is 10.8 Å². The number of halogens is 1. The third kappa shape index (κ3) is 4.53. The molecule has 2 aromatic rings. The van der Waals surface area contributed by atoms with E-state index in [1.54, 1.807) is 11.8 Å². The van der Waals surface area contributed by atoms with Crippen LogP contribution in [0.3, 0.4) is 0 Å². The van der Waals surface area contributed by atoms with Crippen molar-refractivity contribution in [3.8, 4) is 0 Å². The smallest absolute Gasteiger partial charge is 0.228 e. The first-order chi connectivity index (χ1) is 8.94. The molecule has 0 amide bonds. The van der Waals surface area contributed by atoms with Gasteiger partial charge in [0, 0.05) is 16.9 Å². The number of nitrogens with zero attached hydrogens (tertiary/aromatic N) is 2. The molecule has 1 heterocycles. The number of hydrogen-bond donors (Lipinski definition) is 1. The Labute approximate surface area is 121 Å². The highest BCUT2D eigenvalue weighted by molar-refractivity contribution is 7.98. The molecule has 2 N–H and O–H groups in total. The van der Waals surface area contributed by atoms with E-state index in [9.17, 15) is 0 Å². The van der Waals surface area contributed by atoms with Crippen LogP contribution >= 0.6 is 23.4 Å². The Hall–Kier alpha value is -1.04. The maximum Gasteiger partial charge on any atom is 0.228 e. The lowest BCUT2D eigenvalue weighted by molar-refractivity contribution is 0.345. The minimum Gasteiger partial charge on any atom is -0.339 e. The molecule has 2 rings (SSSR count). The molecule has 0 unspecified atom stereocenters. The lowest BCUT2D eigenvalue weighted by Crippen LogP contribution is -2.34. The summed E-state index contributed by atoms with van der Waals surface area (Å²) in [5.41, 5.74) is 5.56. The maximum atomic E-state index is 6.08. The summed E-state index contributed by atoms with van der Waals surface area (Å²) in [6.07, 6.45) is 0.566. The molecular weight excluding hydrogens is 282 g/mol. The van der Waals surface area contributed by atoms with E-state index in [0.29, 0.717) is 23.9 Å². The van der Waals surface area contributed by atoms with E-state index in [1.807, 2.05) is 38.1 Å². The van der Waals surface area contributed by atoms with Crippen LogP contribution in [0.2, 0.25) is 5.02 Å². The van der Waals surface area contributed by atoms with Crippen LogP contribution in [0.5, 0.6) is 0 Å². The predicted molar refractivity (Wildman–Crippen MR) is 77.3 cm³/mol. The highest BCUT2D eigenvalue weighted by Crippen LogP contribution is 2.28. The van der Waals surface area contributed by atoms with E-state index < -0.39 is 0 Å². The van der Waals surface area contributed by atoms with Crippen molar-refractivity contribution in [3.63, 3.8) is 0 Å². The summed E-state index contributed by atoms with van der Waals surface area (Å²) in [4.78, 5) is 5.33. The second-order valence-corrected chi connectivity index (χ2v) is 6.41. The van der Waals surface area contributed by atoms with Gasteiger partial charge in [-0.05, 0) is 26.0 Å². The molecule has 1 aromatic carbocycles. The van der Waals surface area contributed by atoms with E-state index in [0.717, 1.165) is 9.92 Å². The van der Waals surface area contributed by atoms with Crippen LogP contribution in [0.15, 0.2) is 33.7 Å². The minimum absolute atomic E-state index is 0.348. The fraction of sp³-hybridized carbons (Fsp3) is 0.385. The lowest BCUT2D eigenvalue weighted by atomic mass is 10.0. The third-order valence-electron chi connectivity index (χ3n) is 2.31. The molecule has 0 fully saturated rings. The molecule has 1 aromatic heterocycles. The van der Waals surface area contributed by atoms with Crippen molar-refractivity contribution < 1.29 is 4.52 Å². The maximum absolute atomic E-state index is 6.08. The van der Waals surface area contributed by atoms with Gasteiger partial charge in [0.25, 0.3) is 0 Å². The van der Waals surface area contributed by atoms with Gasteiger partial charge in [-0.3, -0.25) is 0 Å². The summed E-state index contributed by atoms with van der Waals surface area (Å²) in [6, 6.07) is 7.69. The molecule has 0 radical (unpaired) electrons. The van der Waals surface area contributed by atoms with E-state index in [1.165, 1.54) is 0 Å². The molecule has 102 valence electrons. The standard InChI is InChI=1S/C13H16ClN3OS/c1-13(2,15)7-12-16-11(17-18-12)8-19-10-6-4-3-5-9(10)14/h3-6H,7-8,15H2,1-2H3. The van der Waals surface area contributed by atoms with Gasteiger partial charge in [-0.1, -0.05) is 28.9 Å². The molecule has 0 aliphatic rings. The molecule has 0 spiro atoms. The first-order valence-corrected chi connectivity index (χ1v) is 7.28. The summed E-state index contributed by atoms with van der Waals surface area (Å²) in [5, 5.41) is 4.67. The van der Waals surface area contributed by atoms with Crippen LogP contribution in [-0.4, -0.2) is 15.7 Å². The van der Waals surface area contributed by atoms with Gasteiger partial charge in [-0.15, -0.1) is 11.8 Å². The average Bonchev–Trinajstić information content (AvgIpc) is 2.73. The molecule has 19 heavy (non-hydrogen) atoms. The summed E-state index contributed by atoms with van der Waals surface area (Å²) in [5.74, 6) is 1.85. The van der Waals surface area contributed by atoms with E-state index in [4.69, 9.17) is 21.9 Å². The average molecular weight is 298 g/mol. The zero-order valence-electron chi connectivity index (χ0n) is 10.9. The van der Waals surface area contributed by atoms with Crippen molar-refractivity contribution in [1.29, 1.82) is 0 Å². The van der Waals surface area contributed by atoms with E-state index in [-0.39, 0.29) is 5.54 Å². The Morgan fingerprint density at radius 2 is 2.11 bits per heavy atom. The van der Waals surface area contributed by atoms with Crippen LogP contribution < -0.4 is 5.73 Å². The van der Waals surface area contributed by atoms with Crippen LogP contribution in [0, 0.1) is 0 Å². The summed E-state index contributed by atoms with van der Waals surface area (Å²) in [6.45, 7) is 3.85. The number of aromatic nitrogens is 2. The highest BCUT2D eigenvalue weighted by atomic mass is 35.5. The Morgan fingerprint density at radius 3 is 2.79 bits per heavy atom. The highest BCUT2D eigenvalue weighted by Gasteiger charge is 2.17. The first kappa shape index (κ1) is 14.4. The predicted octanol–water partition coefficient (Wildman–Crippen LogP) is 3.30. The minimum atomic E-state index is -0.348. The SMILES string of the molecule is CC(C)(N)Cc1nc(CSc2ccccc2Cl)no1. The zero-order chi connectivity index (χ0) is 13.9. The second kappa shape index (κ2) is 5.94. The van der Waals surface area contributed by atoms with Crippen LogP contribution in [0.1, 0.15) is 25.6 Å². The normalized spacial score (nSPS) is 11.8. The summed E-state index contributed by atoms with van der Waals surface area (Å²) in [7, 11) is 0. The van der Waals surface area contributed by atoms with Crippen molar-refractivity contribution in [1.82, 2.24) is 10.1 Å². The monoisotopic (exact) mass is 297 g/mol. The van der Waals surface area contributed by atoms with Crippen molar-refractivity contribution in [2.45, 2.75) is 36.5 Å². The van der Waals surface area contributed by atoms with Gasteiger partial charge in [0.2, 0.25) is 5.89 Å². The number of nitrogens with two attached hydrogens (primary N) is 1. The quantitative estimate of drug-likeness (QED) is 0.858. The van der Waals surface area contributed by atoms with Gasteiger partial charge in [0.1, 0.15) is 0 Å². The lowest BCUT2D eigenvalue weighted by Gasteiger charge is -2.14. The van der Waals surface area contributed by atoms with Crippen LogP contribution in [0.25, 0.3) is 0 Å². The Kier molecular flexibility index (Phi) is 4.50. The fourth-order valence-electron chi connectivity index (χ4n) is 1.51. The number of benzene rings is 1. The van der Waals surface area contributed by atoms with Crippen molar-refractivity contribution in [2.24, 2.45) is 5.73 Å². The zero-order valence-corrected chi connectivity index (χ0v) is 12.5. The molecular formula is C13H16ClN3OS. The molecule has 0 aliphatic heterocycles. The van der Waals surface area contributed by atoms with Gasteiger partial charge in [0.15, 0.2) is 5.82 Å². The Bertz CT molecular complexity index is 551. The first-order valence-electron chi connectivity index (χ1n) is 5.92. The van der Waals surface area contributed by atoms with Crippen molar-refractivity contribution >= 4 is 23.4 Å². The van der Waals surface area contributed by atoms with Crippen molar-refractivity contribution in [2.75, 3.05) is 0 Å². The van der Waals surface area contributed by atoms with E-state index >= 15 is 0 Å². The number of hydrogen-bond acceptors (Lipinski definition) is 5. The molecule has 6 heteroatoms. The van der Waals surface area contributed by atoms with Crippen LogP contribution in [-0.2, 0) is 12.2 Å². The van der Waals surface area contributed by atoms with E-state index in [2.05, 4.69) is 10.1 Å². The van der Waals surface area contributed by atoms with Gasteiger partial charge in [-0.25, -0.2) is 0 Å². The summed E-state index contributed by atoms with van der Waals surface area (Å²) >= 11 is 7.66. The molecule has 0 aliphatic carbocycles. The van der Waals surface area contributed by atoms with Gasteiger partial charge >= 0.3 is 0 Å². The van der Waals surface area contributed by atoms with Crippen LogP contribution in [0.4, 0.5) is 0 Å². The summed E-state index contributed by atoms with van der Waals surface area (Å²) < 4.78 is 5.17. The second-order valence-electron chi connectivity index (χ2n) is 4.99. The number of thioether (sulfide) groups is 1. The molecule has 0 atom stereocenters. The fourth-order valence-corrected chi connectivity index (χ4v) is 2.60. The topological polar surface area (TPSA) is 64.9 Å². The Morgan fingerprint density at radius 1 is 1.37 bits per heavy atom. The van der Waals surface area contributed by atoms with Crippen molar-refractivity contribution in [3.05, 3.63) is 41.0 Å².